The molecule has 4 rings (SSSR count). The number of piperidine rings is 1. The van der Waals surface area contributed by atoms with E-state index in [-0.39, 0.29) is 24.5 Å². The summed E-state index contributed by atoms with van der Waals surface area (Å²) in [6.45, 7) is 2.52. The fraction of sp³-hybridized carbons (Fsp3) is 0.409. The highest BCUT2D eigenvalue weighted by atomic mass is 16.5. The van der Waals surface area contributed by atoms with E-state index in [1.807, 2.05) is 40.1 Å². The Bertz CT molecular complexity index is 873. The molecular formula is C22H25N3O4. The summed E-state index contributed by atoms with van der Waals surface area (Å²) in [5.41, 5.74) is 1.64. The maximum Gasteiger partial charge on any atom is 0.254 e. The lowest BCUT2D eigenvalue weighted by atomic mass is 9.82. The van der Waals surface area contributed by atoms with Crippen LogP contribution >= 0.6 is 0 Å². The number of benzene rings is 1. The lowest BCUT2D eigenvalue weighted by Crippen LogP contribution is -2.66. The predicted octanol–water partition coefficient (Wildman–Crippen LogP) is 1.98. The van der Waals surface area contributed by atoms with Crippen LogP contribution in [0.25, 0.3) is 0 Å². The van der Waals surface area contributed by atoms with Crippen molar-refractivity contribution in [1.29, 1.82) is 0 Å². The Kier molecular flexibility index (Phi) is 5.76. The maximum atomic E-state index is 12.8. The van der Waals surface area contributed by atoms with Crippen LogP contribution in [0.15, 0.2) is 48.7 Å². The van der Waals surface area contributed by atoms with E-state index in [0.717, 1.165) is 12.0 Å². The molecule has 0 unspecified atom stereocenters. The van der Waals surface area contributed by atoms with Gasteiger partial charge in [-0.15, -0.1) is 0 Å². The SMILES string of the molecule is COc1cc(C(=O)N2CC[C@H]3[C@@H](C2)CN3C(=O)COCc2ccccc2)ccn1. The number of pyridine rings is 1. The van der Waals surface area contributed by atoms with E-state index in [9.17, 15) is 9.59 Å². The minimum atomic E-state index is -0.0138. The summed E-state index contributed by atoms with van der Waals surface area (Å²) in [5, 5.41) is 0. The molecular weight excluding hydrogens is 370 g/mol. The summed E-state index contributed by atoms with van der Waals surface area (Å²) < 4.78 is 10.7. The second kappa shape index (κ2) is 8.61. The van der Waals surface area contributed by atoms with Crippen LogP contribution in [0.2, 0.25) is 0 Å². The Labute approximate surface area is 170 Å². The number of amides is 2. The van der Waals surface area contributed by atoms with E-state index in [2.05, 4.69) is 4.98 Å². The van der Waals surface area contributed by atoms with E-state index >= 15 is 0 Å². The summed E-state index contributed by atoms with van der Waals surface area (Å²) in [6.07, 6.45) is 2.38. The van der Waals surface area contributed by atoms with Crippen LogP contribution in [0.4, 0.5) is 0 Å². The third-order valence-corrected chi connectivity index (χ3v) is 5.66. The number of aromatic nitrogens is 1. The molecule has 2 aliphatic rings. The van der Waals surface area contributed by atoms with Crippen molar-refractivity contribution in [2.75, 3.05) is 33.4 Å². The number of carbonyl (C=O) groups excluding carboxylic acids is 2. The molecule has 0 radical (unpaired) electrons. The first-order valence-electron chi connectivity index (χ1n) is 9.86. The van der Waals surface area contributed by atoms with Crippen molar-refractivity contribution < 1.29 is 19.1 Å². The molecule has 2 fully saturated rings. The van der Waals surface area contributed by atoms with Gasteiger partial charge >= 0.3 is 0 Å². The third kappa shape index (κ3) is 4.24. The molecule has 2 saturated heterocycles. The van der Waals surface area contributed by atoms with Crippen molar-refractivity contribution in [2.45, 2.75) is 19.1 Å². The van der Waals surface area contributed by atoms with Gasteiger partial charge in [0.1, 0.15) is 6.61 Å². The third-order valence-electron chi connectivity index (χ3n) is 5.66. The summed E-state index contributed by atoms with van der Waals surface area (Å²) in [4.78, 5) is 33.1. The Balaban J connectivity index is 1.26. The first kappa shape index (κ1) is 19.4. The number of methoxy groups -OCH3 is 1. The van der Waals surface area contributed by atoms with E-state index in [1.54, 1.807) is 18.3 Å². The van der Waals surface area contributed by atoms with E-state index < -0.39 is 0 Å². The number of hydrogen-bond donors (Lipinski definition) is 0. The van der Waals surface area contributed by atoms with Crippen molar-refractivity contribution in [1.82, 2.24) is 14.8 Å². The Hall–Kier alpha value is -2.93. The van der Waals surface area contributed by atoms with Crippen molar-refractivity contribution in [3.63, 3.8) is 0 Å². The second-order valence-corrected chi connectivity index (χ2v) is 7.48. The molecule has 0 N–H and O–H groups in total. The van der Waals surface area contributed by atoms with Crippen LogP contribution in [0.1, 0.15) is 22.3 Å². The molecule has 0 saturated carbocycles. The highest BCUT2D eigenvalue weighted by molar-refractivity contribution is 5.94. The molecule has 29 heavy (non-hydrogen) atoms. The lowest BCUT2D eigenvalue weighted by molar-refractivity contribution is -0.152. The smallest absolute Gasteiger partial charge is 0.254 e. The molecule has 152 valence electrons. The van der Waals surface area contributed by atoms with Gasteiger partial charge in [-0.05, 0) is 18.1 Å². The van der Waals surface area contributed by atoms with Gasteiger partial charge in [0, 0.05) is 49.4 Å². The molecule has 1 aromatic carbocycles. The molecule has 2 amide bonds. The van der Waals surface area contributed by atoms with Gasteiger partial charge < -0.3 is 19.3 Å². The van der Waals surface area contributed by atoms with Crippen molar-refractivity contribution in [2.24, 2.45) is 5.92 Å². The normalized spacial score (nSPS) is 20.6. The van der Waals surface area contributed by atoms with Crippen molar-refractivity contribution in [3.05, 3.63) is 59.8 Å². The van der Waals surface area contributed by atoms with Crippen LogP contribution in [0, 0.1) is 5.92 Å². The van der Waals surface area contributed by atoms with Gasteiger partial charge in [0.2, 0.25) is 11.8 Å². The molecule has 2 aliphatic heterocycles. The van der Waals surface area contributed by atoms with Crippen LogP contribution in [-0.2, 0) is 16.1 Å². The standard InChI is InChI=1S/C22H25N3O4/c1-28-20-11-17(7-9-23-20)22(27)24-10-8-19-18(12-24)13-25(19)21(26)15-29-14-16-5-3-2-4-6-16/h2-7,9,11,18-19H,8,10,12-15H2,1H3/t18-,19-/m0/s1. The van der Waals surface area contributed by atoms with E-state index in [1.165, 1.54) is 7.11 Å². The topological polar surface area (TPSA) is 72.0 Å². The first-order chi connectivity index (χ1) is 14.2. The monoisotopic (exact) mass is 395 g/mol. The van der Waals surface area contributed by atoms with Gasteiger partial charge in [-0.3, -0.25) is 9.59 Å². The number of fused-ring (bicyclic) bond motifs is 1. The quantitative estimate of drug-likeness (QED) is 0.748. The number of rotatable bonds is 6. The Morgan fingerprint density at radius 1 is 1.17 bits per heavy atom. The zero-order valence-corrected chi connectivity index (χ0v) is 16.5. The average Bonchev–Trinajstić information content (AvgIpc) is 2.75. The second-order valence-electron chi connectivity index (χ2n) is 7.48. The highest BCUT2D eigenvalue weighted by Crippen LogP contribution is 2.33. The number of hydrogen-bond acceptors (Lipinski definition) is 5. The summed E-state index contributed by atoms with van der Waals surface area (Å²) in [6, 6.07) is 13.4. The van der Waals surface area contributed by atoms with Crippen LogP contribution in [-0.4, -0.2) is 66.0 Å². The van der Waals surface area contributed by atoms with Gasteiger partial charge in [0.25, 0.3) is 5.91 Å². The minimum Gasteiger partial charge on any atom is -0.481 e. The zero-order valence-electron chi connectivity index (χ0n) is 16.5. The summed E-state index contributed by atoms with van der Waals surface area (Å²) >= 11 is 0. The number of ether oxygens (including phenoxy) is 2. The van der Waals surface area contributed by atoms with Gasteiger partial charge in [-0.25, -0.2) is 4.98 Å². The highest BCUT2D eigenvalue weighted by Gasteiger charge is 2.45. The van der Waals surface area contributed by atoms with Crippen molar-refractivity contribution in [3.8, 4) is 5.88 Å². The Morgan fingerprint density at radius 3 is 2.76 bits per heavy atom. The molecule has 1 aromatic heterocycles. The number of carbonyl (C=O) groups is 2. The van der Waals surface area contributed by atoms with Gasteiger partial charge in [-0.1, -0.05) is 30.3 Å². The first-order valence-corrected chi connectivity index (χ1v) is 9.86. The molecule has 2 aromatic rings. The summed E-state index contributed by atoms with van der Waals surface area (Å²) in [7, 11) is 1.53. The predicted molar refractivity (Wildman–Crippen MR) is 106 cm³/mol. The molecule has 0 bridgehead atoms. The van der Waals surface area contributed by atoms with Gasteiger partial charge in [-0.2, -0.15) is 0 Å². The molecule has 0 aliphatic carbocycles. The summed E-state index contributed by atoms with van der Waals surface area (Å²) in [5.74, 6) is 0.775. The zero-order chi connectivity index (χ0) is 20.2. The average molecular weight is 395 g/mol. The molecule has 0 spiro atoms. The molecule has 3 heterocycles. The fourth-order valence-corrected chi connectivity index (χ4v) is 4.08. The largest absolute Gasteiger partial charge is 0.481 e. The van der Waals surface area contributed by atoms with Gasteiger partial charge in [0.15, 0.2) is 0 Å². The molecule has 7 heteroatoms. The number of likely N-dealkylation sites (tertiary alicyclic amines) is 2. The fourth-order valence-electron chi connectivity index (χ4n) is 4.08. The van der Waals surface area contributed by atoms with Crippen molar-refractivity contribution >= 4 is 11.8 Å². The van der Waals surface area contributed by atoms with Crippen LogP contribution in [0.5, 0.6) is 5.88 Å². The number of nitrogens with zero attached hydrogens (tertiary/aromatic N) is 3. The maximum absolute atomic E-state index is 12.8. The lowest BCUT2D eigenvalue weighted by Gasteiger charge is -2.53. The van der Waals surface area contributed by atoms with Crippen LogP contribution in [0.3, 0.4) is 0 Å². The van der Waals surface area contributed by atoms with Gasteiger partial charge in [0.05, 0.1) is 13.7 Å². The van der Waals surface area contributed by atoms with E-state index in [0.29, 0.717) is 43.6 Å². The van der Waals surface area contributed by atoms with Crippen LogP contribution < -0.4 is 4.74 Å². The molecule has 2 atom stereocenters. The minimum absolute atomic E-state index is 0.0138. The van der Waals surface area contributed by atoms with E-state index in [4.69, 9.17) is 9.47 Å². The Morgan fingerprint density at radius 2 is 2.00 bits per heavy atom. The molecule has 7 nitrogen and oxygen atoms in total.